The Labute approximate surface area is 98.0 Å². The number of sulfone groups is 1. The Morgan fingerprint density at radius 2 is 2.00 bits per heavy atom. The summed E-state index contributed by atoms with van der Waals surface area (Å²) in [6.07, 6.45) is -0.718. The van der Waals surface area contributed by atoms with Crippen LogP contribution >= 0.6 is 0 Å². The molecule has 0 radical (unpaired) electrons. The fourth-order valence-electron chi connectivity index (χ4n) is 2.04. The van der Waals surface area contributed by atoms with Gasteiger partial charge in [-0.3, -0.25) is 0 Å². The summed E-state index contributed by atoms with van der Waals surface area (Å²) < 4.78 is 48.2. The Hall–Kier alpha value is -1.01. The fourth-order valence-corrected chi connectivity index (χ4v) is 3.87. The van der Waals surface area contributed by atoms with E-state index >= 15 is 0 Å². The van der Waals surface area contributed by atoms with E-state index in [0.717, 1.165) is 12.1 Å². The molecule has 1 heterocycles. The maximum atomic E-state index is 13.0. The van der Waals surface area contributed by atoms with Gasteiger partial charge in [0.15, 0.2) is 21.5 Å². The lowest BCUT2D eigenvalue weighted by Crippen LogP contribution is -2.14. The largest absolute Gasteiger partial charge is 0.388 e. The summed E-state index contributed by atoms with van der Waals surface area (Å²) in [4.78, 5) is 0. The van der Waals surface area contributed by atoms with E-state index in [-0.39, 0.29) is 17.1 Å². The highest BCUT2D eigenvalue weighted by atomic mass is 32.2. The van der Waals surface area contributed by atoms with Crippen molar-refractivity contribution in [1.29, 1.82) is 0 Å². The third-order valence-electron chi connectivity index (χ3n) is 3.00. The molecule has 94 valence electrons. The molecule has 1 aromatic rings. The first-order chi connectivity index (χ1) is 7.89. The van der Waals surface area contributed by atoms with Crippen LogP contribution in [-0.4, -0.2) is 25.0 Å². The molecule has 0 bridgehead atoms. The molecule has 1 fully saturated rings. The van der Waals surface area contributed by atoms with Crippen molar-refractivity contribution in [3.63, 3.8) is 0 Å². The molecule has 1 aliphatic rings. The summed E-state index contributed by atoms with van der Waals surface area (Å²) in [5, 5.41) is 9.91. The second-order valence-electron chi connectivity index (χ2n) is 4.28. The number of benzene rings is 1. The summed E-state index contributed by atoms with van der Waals surface area (Å²) >= 11 is 0. The number of aliphatic hydroxyl groups excluding tert-OH is 1. The lowest BCUT2D eigenvalue weighted by atomic mass is 9.95. The van der Waals surface area contributed by atoms with Crippen LogP contribution in [0.5, 0.6) is 0 Å². The van der Waals surface area contributed by atoms with Gasteiger partial charge < -0.3 is 5.11 Å². The van der Waals surface area contributed by atoms with Gasteiger partial charge in [-0.2, -0.15) is 0 Å². The molecule has 2 rings (SSSR count). The van der Waals surface area contributed by atoms with E-state index in [4.69, 9.17) is 0 Å². The number of rotatable bonds is 2. The average Bonchev–Trinajstić information content (AvgIpc) is 2.62. The lowest BCUT2D eigenvalue weighted by Gasteiger charge is -2.16. The van der Waals surface area contributed by atoms with Crippen LogP contribution in [0, 0.1) is 17.6 Å². The predicted molar refractivity (Wildman–Crippen MR) is 58.1 cm³/mol. The van der Waals surface area contributed by atoms with Gasteiger partial charge in [-0.25, -0.2) is 17.2 Å². The molecule has 2 unspecified atom stereocenters. The standard InChI is InChI=1S/C11H12F2O3S/c12-9-2-1-7(5-10(9)13)11(14)8-3-4-17(15,16)6-8/h1-2,5,8,11,14H,3-4,6H2. The number of aliphatic hydroxyl groups is 1. The van der Waals surface area contributed by atoms with Gasteiger partial charge >= 0.3 is 0 Å². The van der Waals surface area contributed by atoms with Gasteiger partial charge in [0.2, 0.25) is 0 Å². The van der Waals surface area contributed by atoms with Crippen LogP contribution in [0.2, 0.25) is 0 Å². The van der Waals surface area contributed by atoms with Crippen LogP contribution in [-0.2, 0) is 9.84 Å². The maximum Gasteiger partial charge on any atom is 0.159 e. The molecule has 1 aromatic carbocycles. The topological polar surface area (TPSA) is 54.4 Å². The Kier molecular flexibility index (Phi) is 3.18. The molecular weight excluding hydrogens is 250 g/mol. The third kappa shape index (κ3) is 2.63. The van der Waals surface area contributed by atoms with E-state index in [0.29, 0.717) is 6.42 Å². The van der Waals surface area contributed by atoms with Crippen molar-refractivity contribution in [1.82, 2.24) is 0 Å². The zero-order chi connectivity index (χ0) is 12.6. The van der Waals surface area contributed by atoms with Gasteiger partial charge in [0.05, 0.1) is 17.6 Å². The van der Waals surface area contributed by atoms with Crippen molar-refractivity contribution in [2.24, 2.45) is 5.92 Å². The van der Waals surface area contributed by atoms with E-state index in [1.165, 1.54) is 6.07 Å². The molecule has 2 atom stereocenters. The average molecular weight is 262 g/mol. The number of hydrogen-bond donors (Lipinski definition) is 1. The SMILES string of the molecule is O=S1(=O)CCC(C(O)c2ccc(F)c(F)c2)C1. The van der Waals surface area contributed by atoms with E-state index < -0.39 is 33.5 Å². The highest BCUT2D eigenvalue weighted by molar-refractivity contribution is 7.91. The van der Waals surface area contributed by atoms with Gasteiger partial charge in [-0.1, -0.05) is 6.07 Å². The molecular formula is C11H12F2O3S. The lowest BCUT2D eigenvalue weighted by molar-refractivity contribution is 0.120. The molecule has 0 amide bonds. The first-order valence-corrected chi connectivity index (χ1v) is 7.04. The number of hydrogen-bond acceptors (Lipinski definition) is 3. The molecule has 1 N–H and O–H groups in total. The first kappa shape index (κ1) is 12.4. The Morgan fingerprint density at radius 3 is 2.53 bits per heavy atom. The monoisotopic (exact) mass is 262 g/mol. The highest BCUT2D eigenvalue weighted by Gasteiger charge is 2.33. The van der Waals surface area contributed by atoms with E-state index in [2.05, 4.69) is 0 Å². The molecule has 1 aliphatic heterocycles. The van der Waals surface area contributed by atoms with E-state index in [9.17, 15) is 22.3 Å². The molecule has 0 saturated carbocycles. The highest BCUT2D eigenvalue weighted by Crippen LogP contribution is 2.31. The quantitative estimate of drug-likeness (QED) is 0.877. The minimum atomic E-state index is -3.09. The van der Waals surface area contributed by atoms with Crippen LogP contribution in [0.15, 0.2) is 18.2 Å². The minimum Gasteiger partial charge on any atom is -0.388 e. The smallest absolute Gasteiger partial charge is 0.159 e. The summed E-state index contributed by atoms with van der Waals surface area (Å²) in [5.74, 6) is -2.53. The van der Waals surface area contributed by atoms with Gasteiger partial charge in [-0.05, 0) is 24.1 Å². The Bertz CT molecular complexity index is 528. The first-order valence-electron chi connectivity index (χ1n) is 5.22. The normalized spacial score (nSPS) is 24.8. The zero-order valence-corrected chi connectivity index (χ0v) is 9.75. The van der Waals surface area contributed by atoms with Crippen LogP contribution in [0.25, 0.3) is 0 Å². The number of halogens is 2. The molecule has 6 heteroatoms. The molecule has 0 spiro atoms. The fraction of sp³-hybridized carbons (Fsp3) is 0.455. The zero-order valence-electron chi connectivity index (χ0n) is 8.94. The summed E-state index contributed by atoms with van der Waals surface area (Å²) in [7, 11) is -3.09. The second kappa shape index (κ2) is 4.34. The Balaban J connectivity index is 2.20. The summed E-state index contributed by atoms with van der Waals surface area (Å²) in [6.45, 7) is 0. The van der Waals surface area contributed by atoms with Gasteiger partial charge in [-0.15, -0.1) is 0 Å². The van der Waals surface area contributed by atoms with Crippen LogP contribution in [0.4, 0.5) is 8.78 Å². The molecule has 0 aliphatic carbocycles. The maximum absolute atomic E-state index is 13.0. The van der Waals surface area contributed by atoms with Crippen LogP contribution < -0.4 is 0 Å². The second-order valence-corrected chi connectivity index (χ2v) is 6.51. The minimum absolute atomic E-state index is 0.0401. The van der Waals surface area contributed by atoms with Crippen molar-refractivity contribution < 1.29 is 22.3 Å². The third-order valence-corrected chi connectivity index (χ3v) is 4.79. The summed E-state index contributed by atoms with van der Waals surface area (Å²) in [6, 6.07) is 3.11. The molecule has 0 aromatic heterocycles. The Morgan fingerprint density at radius 1 is 1.29 bits per heavy atom. The molecule has 1 saturated heterocycles. The van der Waals surface area contributed by atoms with Gasteiger partial charge in [0, 0.05) is 5.92 Å². The van der Waals surface area contributed by atoms with Crippen molar-refractivity contribution in [2.75, 3.05) is 11.5 Å². The van der Waals surface area contributed by atoms with Crippen molar-refractivity contribution in [2.45, 2.75) is 12.5 Å². The van der Waals surface area contributed by atoms with Crippen molar-refractivity contribution >= 4 is 9.84 Å². The van der Waals surface area contributed by atoms with Crippen molar-refractivity contribution in [3.8, 4) is 0 Å². The van der Waals surface area contributed by atoms with Crippen LogP contribution in [0.3, 0.4) is 0 Å². The summed E-state index contributed by atoms with van der Waals surface area (Å²) in [5.41, 5.74) is 0.214. The van der Waals surface area contributed by atoms with Crippen molar-refractivity contribution in [3.05, 3.63) is 35.4 Å². The molecule has 17 heavy (non-hydrogen) atoms. The predicted octanol–water partition coefficient (Wildman–Crippen LogP) is 1.43. The van der Waals surface area contributed by atoms with E-state index in [1.807, 2.05) is 0 Å². The van der Waals surface area contributed by atoms with Crippen LogP contribution in [0.1, 0.15) is 18.1 Å². The van der Waals surface area contributed by atoms with Gasteiger partial charge in [0.1, 0.15) is 0 Å². The van der Waals surface area contributed by atoms with Gasteiger partial charge in [0.25, 0.3) is 0 Å². The van der Waals surface area contributed by atoms with E-state index in [1.54, 1.807) is 0 Å². The molecule has 3 nitrogen and oxygen atoms in total.